The van der Waals surface area contributed by atoms with E-state index in [2.05, 4.69) is 59.2 Å². The van der Waals surface area contributed by atoms with Crippen LogP contribution in [0.4, 0.5) is 34.5 Å². The molecule has 12 nitrogen and oxygen atoms in total. The SMILES string of the molecule is CNS(=O)(=O)N1CCc2cccc(Nc3nc(Nc4ccc(N5CCC(N6CCN(C)CC6)CC5)cc4OC)ncc3Cl)c21. The zero-order chi connectivity index (χ0) is 30.8. The number of benzene rings is 2. The summed E-state index contributed by atoms with van der Waals surface area (Å²) in [6.07, 6.45) is 4.43. The maximum Gasteiger partial charge on any atom is 0.301 e. The summed E-state index contributed by atoms with van der Waals surface area (Å²) < 4.78 is 34.9. The van der Waals surface area contributed by atoms with Gasteiger partial charge < -0.3 is 25.2 Å². The monoisotopic (exact) mass is 641 g/mol. The van der Waals surface area contributed by atoms with E-state index in [1.165, 1.54) is 17.5 Å². The molecule has 0 aliphatic carbocycles. The summed E-state index contributed by atoms with van der Waals surface area (Å²) in [5.74, 6) is 1.36. The Labute approximate surface area is 264 Å². The van der Waals surface area contributed by atoms with Gasteiger partial charge in [0.15, 0.2) is 5.82 Å². The average molecular weight is 642 g/mol. The van der Waals surface area contributed by atoms with Gasteiger partial charge in [0.2, 0.25) is 5.95 Å². The zero-order valence-corrected chi connectivity index (χ0v) is 27.0. The molecule has 0 bridgehead atoms. The number of piperazine rings is 1. The molecule has 3 aliphatic rings. The molecule has 0 radical (unpaired) electrons. The van der Waals surface area contributed by atoms with Crippen molar-refractivity contribution in [2.75, 3.05) is 86.9 Å². The molecule has 14 heteroatoms. The number of para-hydroxylation sites is 1. The number of likely N-dealkylation sites (N-methyl/N-ethyl adjacent to an activating group) is 1. The Bertz CT molecular complexity index is 1590. The molecule has 3 N–H and O–H groups in total. The van der Waals surface area contributed by atoms with Crippen LogP contribution in [0, 0.1) is 0 Å². The molecule has 3 aromatic rings. The van der Waals surface area contributed by atoms with E-state index in [9.17, 15) is 8.42 Å². The standard InChI is InChI=1S/C30H40ClN9O3S/c1-32-44(41,42)40-14-9-21-5-4-6-26(28(21)40)34-29-24(31)20-33-30(36-29)35-25-8-7-23(19-27(25)43-3)38-12-10-22(11-13-38)39-17-15-37(2)16-18-39/h4-8,19-20,22,32H,9-18H2,1-3H3,(H2,33,34,35,36). The van der Waals surface area contributed by atoms with Gasteiger partial charge in [-0.3, -0.25) is 9.21 Å². The van der Waals surface area contributed by atoms with Crippen LogP contribution < -0.4 is 29.3 Å². The van der Waals surface area contributed by atoms with Gasteiger partial charge in [-0.15, -0.1) is 0 Å². The third kappa shape index (κ3) is 6.38. The number of methoxy groups -OCH3 is 1. The largest absolute Gasteiger partial charge is 0.494 e. The second kappa shape index (κ2) is 12.9. The third-order valence-electron chi connectivity index (χ3n) is 8.81. The van der Waals surface area contributed by atoms with E-state index in [4.69, 9.17) is 16.3 Å². The molecule has 0 spiro atoms. The highest BCUT2D eigenvalue weighted by Gasteiger charge is 2.31. The van der Waals surface area contributed by atoms with Gasteiger partial charge in [-0.05, 0) is 50.1 Å². The highest BCUT2D eigenvalue weighted by atomic mass is 35.5. The van der Waals surface area contributed by atoms with Crippen molar-refractivity contribution in [3.05, 3.63) is 53.2 Å². The summed E-state index contributed by atoms with van der Waals surface area (Å²) in [6.45, 7) is 6.99. The van der Waals surface area contributed by atoms with E-state index in [-0.39, 0.29) is 0 Å². The first-order valence-corrected chi connectivity index (χ1v) is 16.8. The highest BCUT2D eigenvalue weighted by Crippen LogP contribution is 2.39. The Hall–Kier alpha value is -3.36. The average Bonchev–Trinajstić information content (AvgIpc) is 3.50. The number of ether oxygens (including phenoxy) is 1. The lowest BCUT2D eigenvalue weighted by atomic mass is 10.0. The predicted octanol–water partition coefficient (Wildman–Crippen LogP) is 3.67. The molecule has 2 fully saturated rings. The van der Waals surface area contributed by atoms with Crippen LogP contribution in [0.15, 0.2) is 42.6 Å². The summed E-state index contributed by atoms with van der Waals surface area (Å²) in [5, 5.41) is 6.80. The normalized spacial score (nSPS) is 18.4. The minimum absolute atomic E-state index is 0.302. The van der Waals surface area contributed by atoms with Crippen molar-refractivity contribution in [2.45, 2.75) is 25.3 Å². The minimum atomic E-state index is -3.67. The molecule has 0 atom stereocenters. The fraction of sp³-hybridized carbons (Fsp3) is 0.467. The van der Waals surface area contributed by atoms with Crippen molar-refractivity contribution in [1.82, 2.24) is 24.5 Å². The number of anilines is 6. The Morgan fingerprint density at radius 2 is 1.75 bits per heavy atom. The smallest absolute Gasteiger partial charge is 0.301 e. The number of hydrogen-bond acceptors (Lipinski definition) is 10. The highest BCUT2D eigenvalue weighted by molar-refractivity contribution is 7.90. The molecule has 236 valence electrons. The third-order valence-corrected chi connectivity index (χ3v) is 10.6. The Balaban J connectivity index is 1.16. The van der Waals surface area contributed by atoms with E-state index in [1.54, 1.807) is 7.11 Å². The van der Waals surface area contributed by atoms with Crippen LogP contribution in [0.25, 0.3) is 0 Å². The van der Waals surface area contributed by atoms with Crippen molar-refractivity contribution in [3.8, 4) is 5.75 Å². The molecular formula is C30H40ClN9O3S. The second-order valence-electron chi connectivity index (χ2n) is 11.4. The fourth-order valence-electron chi connectivity index (χ4n) is 6.29. The first-order chi connectivity index (χ1) is 21.3. The van der Waals surface area contributed by atoms with Crippen LogP contribution in [0.5, 0.6) is 5.75 Å². The summed E-state index contributed by atoms with van der Waals surface area (Å²) in [7, 11) is 1.59. The molecule has 44 heavy (non-hydrogen) atoms. The Morgan fingerprint density at radius 1 is 0.977 bits per heavy atom. The number of nitrogens with zero attached hydrogens (tertiary/aromatic N) is 6. The van der Waals surface area contributed by atoms with Crippen LogP contribution in [-0.4, -0.2) is 101 Å². The first-order valence-electron chi connectivity index (χ1n) is 15.0. The lowest BCUT2D eigenvalue weighted by Gasteiger charge is -2.42. The Kier molecular flexibility index (Phi) is 9.01. The number of piperidine rings is 1. The van der Waals surface area contributed by atoms with Gasteiger partial charge >= 0.3 is 10.2 Å². The van der Waals surface area contributed by atoms with Crippen LogP contribution in [0.1, 0.15) is 18.4 Å². The van der Waals surface area contributed by atoms with Gasteiger partial charge in [0.1, 0.15) is 10.8 Å². The van der Waals surface area contributed by atoms with Crippen LogP contribution in [0.3, 0.4) is 0 Å². The van der Waals surface area contributed by atoms with Gasteiger partial charge in [0.25, 0.3) is 0 Å². The van der Waals surface area contributed by atoms with E-state index in [0.29, 0.717) is 52.9 Å². The predicted molar refractivity (Wildman–Crippen MR) is 176 cm³/mol. The summed E-state index contributed by atoms with van der Waals surface area (Å²) in [5.41, 5.74) is 3.94. The number of nitrogens with one attached hydrogen (secondary N) is 3. The Morgan fingerprint density at radius 3 is 2.48 bits per heavy atom. The molecular weight excluding hydrogens is 602 g/mol. The van der Waals surface area contributed by atoms with E-state index >= 15 is 0 Å². The van der Waals surface area contributed by atoms with Gasteiger partial charge in [-0.2, -0.15) is 13.4 Å². The van der Waals surface area contributed by atoms with Gasteiger partial charge in [0, 0.05) is 70.7 Å². The maximum atomic E-state index is 12.7. The topological polar surface area (TPSA) is 118 Å². The van der Waals surface area contributed by atoms with Gasteiger partial charge in [0.05, 0.1) is 30.4 Å². The van der Waals surface area contributed by atoms with Crippen LogP contribution in [-0.2, 0) is 16.6 Å². The van der Waals surface area contributed by atoms with Crippen molar-refractivity contribution >= 4 is 56.3 Å². The molecule has 0 unspecified atom stereocenters. The molecule has 3 aliphatic heterocycles. The molecule has 0 amide bonds. The zero-order valence-electron chi connectivity index (χ0n) is 25.4. The van der Waals surface area contributed by atoms with E-state index in [1.807, 2.05) is 24.3 Å². The van der Waals surface area contributed by atoms with Gasteiger partial charge in [-0.25, -0.2) is 9.71 Å². The quantitative estimate of drug-likeness (QED) is 0.319. The summed E-state index contributed by atoms with van der Waals surface area (Å²) in [4.78, 5) is 16.5. The molecule has 6 rings (SSSR count). The van der Waals surface area contributed by atoms with E-state index < -0.39 is 10.2 Å². The fourth-order valence-corrected chi connectivity index (χ4v) is 7.44. The maximum absolute atomic E-state index is 12.7. The number of halogens is 1. The van der Waals surface area contributed by atoms with E-state index in [0.717, 1.165) is 69.0 Å². The summed E-state index contributed by atoms with van der Waals surface area (Å²) in [6, 6.07) is 12.4. The van der Waals surface area contributed by atoms with Crippen LogP contribution in [0.2, 0.25) is 5.02 Å². The molecule has 1 aromatic heterocycles. The van der Waals surface area contributed by atoms with Crippen molar-refractivity contribution in [3.63, 3.8) is 0 Å². The molecule has 2 saturated heterocycles. The van der Waals surface area contributed by atoms with Crippen molar-refractivity contribution < 1.29 is 13.2 Å². The molecule has 0 saturated carbocycles. The number of rotatable bonds is 9. The van der Waals surface area contributed by atoms with Crippen LogP contribution >= 0.6 is 11.6 Å². The number of hydrogen-bond donors (Lipinski definition) is 3. The lowest BCUT2D eigenvalue weighted by molar-refractivity contribution is 0.0982. The molecule has 2 aromatic carbocycles. The number of fused-ring (bicyclic) bond motifs is 1. The minimum Gasteiger partial charge on any atom is -0.494 e. The van der Waals surface area contributed by atoms with Crippen molar-refractivity contribution in [1.29, 1.82) is 0 Å². The molecule has 4 heterocycles. The number of aromatic nitrogens is 2. The first kappa shape index (κ1) is 30.7. The van der Waals surface area contributed by atoms with Crippen molar-refractivity contribution in [2.24, 2.45) is 0 Å². The van der Waals surface area contributed by atoms with Gasteiger partial charge in [-0.1, -0.05) is 23.7 Å². The summed E-state index contributed by atoms with van der Waals surface area (Å²) >= 11 is 6.49. The lowest BCUT2D eigenvalue weighted by Crippen LogP contribution is -2.52. The second-order valence-corrected chi connectivity index (χ2v) is 13.6.